The van der Waals surface area contributed by atoms with Crippen molar-refractivity contribution in [3.8, 4) is 5.75 Å². The van der Waals surface area contributed by atoms with E-state index in [4.69, 9.17) is 4.74 Å². The highest BCUT2D eigenvalue weighted by molar-refractivity contribution is 5.75. The van der Waals surface area contributed by atoms with Crippen molar-refractivity contribution in [1.29, 1.82) is 0 Å². The summed E-state index contributed by atoms with van der Waals surface area (Å²) in [6, 6.07) is 7.38. The van der Waals surface area contributed by atoms with Crippen molar-refractivity contribution in [3.05, 3.63) is 29.8 Å². The molecule has 0 aromatic heterocycles. The molecule has 1 saturated carbocycles. The first-order valence-electron chi connectivity index (χ1n) is 5.60. The predicted molar refractivity (Wildman–Crippen MR) is 59.3 cm³/mol. The Morgan fingerprint density at radius 1 is 1.20 bits per heavy atom. The number of rotatable bonds is 3. The van der Waals surface area contributed by atoms with E-state index in [0.717, 1.165) is 24.9 Å². The molecule has 0 aliphatic heterocycles. The Morgan fingerprint density at radius 2 is 2.00 bits per heavy atom. The molecule has 0 amide bonds. The first kappa shape index (κ1) is 10.2. The monoisotopic (exact) mass is 204 g/mol. The number of ether oxygens (including phenoxy) is 1. The molecule has 2 nitrogen and oxygen atoms in total. The highest BCUT2D eigenvalue weighted by Crippen LogP contribution is 2.23. The summed E-state index contributed by atoms with van der Waals surface area (Å²) in [4.78, 5) is 10.6. The van der Waals surface area contributed by atoms with Crippen LogP contribution < -0.4 is 4.74 Å². The van der Waals surface area contributed by atoms with Crippen molar-refractivity contribution in [2.24, 2.45) is 0 Å². The number of carbonyl (C=O) groups is 1. The van der Waals surface area contributed by atoms with E-state index < -0.39 is 0 Å². The van der Waals surface area contributed by atoms with E-state index in [1.165, 1.54) is 19.3 Å². The van der Waals surface area contributed by atoms with Gasteiger partial charge in [-0.25, -0.2) is 0 Å². The second kappa shape index (κ2) is 4.96. The molecule has 1 fully saturated rings. The van der Waals surface area contributed by atoms with Gasteiger partial charge >= 0.3 is 0 Å². The molecule has 0 radical (unpaired) electrons. The van der Waals surface area contributed by atoms with Gasteiger partial charge in [-0.15, -0.1) is 0 Å². The summed E-state index contributed by atoms with van der Waals surface area (Å²) in [5, 5.41) is 0. The van der Waals surface area contributed by atoms with Crippen LogP contribution >= 0.6 is 0 Å². The van der Waals surface area contributed by atoms with E-state index in [0.29, 0.717) is 11.7 Å². The average Bonchev–Trinajstić information content (AvgIpc) is 2.31. The summed E-state index contributed by atoms with van der Waals surface area (Å²) in [7, 11) is 0. The third-order valence-corrected chi connectivity index (χ3v) is 2.85. The predicted octanol–water partition coefficient (Wildman–Crippen LogP) is 3.21. The van der Waals surface area contributed by atoms with Gasteiger partial charge in [0.05, 0.1) is 6.10 Å². The Labute approximate surface area is 90.3 Å². The zero-order valence-corrected chi connectivity index (χ0v) is 8.82. The van der Waals surface area contributed by atoms with Crippen molar-refractivity contribution < 1.29 is 9.53 Å². The van der Waals surface area contributed by atoms with Gasteiger partial charge in [-0.3, -0.25) is 4.79 Å². The molecule has 80 valence electrons. The Hall–Kier alpha value is -1.31. The SMILES string of the molecule is O=Cc1cccc(OC2CCCCC2)c1. The highest BCUT2D eigenvalue weighted by Gasteiger charge is 2.14. The molecular weight excluding hydrogens is 188 g/mol. The normalized spacial score (nSPS) is 17.3. The van der Waals surface area contributed by atoms with Crippen LogP contribution in [0.2, 0.25) is 0 Å². The Balaban J connectivity index is 1.99. The van der Waals surface area contributed by atoms with Crippen molar-refractivity contribution in [3.63, 3.8) is 0 Å². The van der Waals surface area contributed by atoms with E-state index >= 15 is 0 Å². The zero-order chi connectivity index (χ0) is 10.5. The van der Waals surface area contributed by atoms with Crippen LogP contribution in [0.1, 0.15) is 42.5 Å². The molecule has 0 atom stereocenters. The van der Waals surface area contributed by atoms with Crippen LogP contribution in [0.25, 0.3) is 0 Å². The minimum absolute atomic E-state index is 0.348. The van der Waals surface area contributed by atoms with Crippen LogP contribution in [0.5, 0.6) is 5.75 Å². The lowest BCUT2D eigenvalue weighted by Gasteiger charge is -2.23. The average molecular weight is 204 g/mol. The largest absolute Gasteiger partial charge is 0.490 e. The maximum Gasteiger partial charge on any atom is 0.150 e. The van der Waals surface area contributed by atoms with Gasteiger partial charge in [-0.05, 0) is 37.8 Å². The second-order valence-corrected chi connectivity index (χ2v) is 4.07. The number of aldehydes is 1. The van der Waals surface area contributed by atoms with E-state index in [1.54, 1.807) is 6.07 Å². The molecule has 1 aliphatic carbocycles. The van der Waals surface area contributed by atoms with Gasteiger partial charge in [-0.1, -0.05) is 18.6 Å². The summed E-state index contributed by atoms with van der Waals surface area (Å²) in [5.74, 6) is 0.825. The van der Waals surface area contributed by atoms with Gasteiger partial charge in [0.1, 0.15) is 12.0 Å². The minimum atomic E-state index is 0.348. The van der Waals surface area contributed by atoms with Crippen molar-refractivity contribution in [2.45, 2.75) is 38.2 Å². The summed E-state index contributed by atoms with van der Waals surface area (Å²) >= 11 is 0. The third-order valence-electron chi connectivity index (χ3n) is 2.85. The molecule has 15 heavy (non-hydrogen) atoms. The standard InChI is InChI=1S/C13H16O2/c14-10-11-5-4-8-13(9-11)15-12-6-2-1-3-7-12/h4-5,8-10,12H,1-3,6-7H2. The lowest BCUT2D eigenvalue weighted by molar-refractivity contribution is 0.112. The Kier molecular flexibility index (Phi) is 3.38. The van der Waals surface area contributed by atoms with Crippen LogP contribution in [-0.4, -0.2) is 12.4 Å². The fourth-order valence-electron chi connectivity index (χ4n) is 2.04. The van der Waals surface area contributed by atoms with Crippen molar-refractivity contribution in [1.82, 2.24) is 0 Å². The van der Waals surface area contributed by atoms with Crippen LogP contribution in [0.3, 0.4) is 0 Å². The van der Waals surface area contributed by atoms with Crippen LogP contribution in [0.4, 0.5) is 0 Å². The molecule has 1 aromatic rings. The zero-order valence-electron chi connectivity index (χ0n) is 8.82. The lowest BCUT2D eigenvalue weighted by Crippen LogP contribution is -2.19. The Bertz CT molecular complexity index is 327. The van der Waals surface area contributed by atoms with Gasteiger partial charge in [0, 0.05) is 5.56 Å². The molecule has 1 aliphatic rings. The molecule has 1 aromatic carbocycles. The van der Waals surface area contributed by atoms with E-state index in [1.807, 2.05) is 18.2 Å². The van der Waals surface area contributed by atoms with Crippen molar-refractivity contribution >= 4 is 6.29 Å². The van der Waals surface area contributed by atoms with Crippen LogP contribution in [-0.2, 0) is 0 Å². The van der Waals surface area contributed by atoms with E-state index in [-0.39, 0.29) is 0 Å². The molecule has 2 heteroatoms. The molecule has 0 spiro atoms. The summed E-state index contributed by atoms with van der Waals surface area (Å²) < 4.78 is 5.84. The van der Waals surface area contributed by atoms with Gasteiger partial charge in [0.15, 0.2) is 0 Å². The number of hydrogen-bond acceptors (Lipinski definition) is 2. The van der Waals surface area contributed by atoms with Crippen LogP contribution in [0.15, 0.2) is 24.3 Å². The third kappa shape index (κ3) is 2.82. The summed E-state index contributed by atoms with van der Waals surface area (Å²) in [6.07, 6.45) is 7.34. The number of carbonyl (C=O) groups excluding carboxylic acids is 1. The molecule has 2 rings (SSSR count). The van der Waals surface area contributed by atoms with E-state index in [9.17, 15) is 4.79 Å². The molecule has 0 bridgehead atoms. The first-order chi connectivity index (χ1) is 7.38. The number of benzene rings is 1. The second-order valence-electron chi connectivity index (χ2n) is 4.07. The number of hydrogen-bond donors (Lipinski definition) is 0. The fourth-order valence-corrected chi connectivity index (χ4v) is 2.04. The van der Waals surface area contributed by atoms with Gasteiger partial charge < -0.3 is 4.74 Å². The highest BCUT2D eigenvalue weighted by atomic mass is 16.5. The Morgan fingerprint density at radius 3 is 2.73 bits per heavy atom. The van der Waals surface area contributed by atoms with Crippen LogP contribution in [0, 0.1) is 0 Å². The topological polar surface area (TPSA) is 26.3 Å². The maximum atomic E-state index is 10.6. The van der Waals surface area contributed by atoms with Crippen molar-refractivity contribution in [2.75, 3.05) is 0 Å². The first-order valence-corrected chi connectivity index (χ1v) is 5.60. The smallest absolute Gasteiger partial charge is 0.150 e. The summed E-state index contributed by atoms with van der Waals surface area (Å²) in [6.45, 7) is 0. The van der Waals surface area contributed by atoms with Gasteiger partial charge in [0.2, 0.25) is 0 Å². The quantitative estimate of drug-likeness (QED) is 0.707. The molecular formula is C13H16O2. The summed E-state index contributed by atoms with van der Waals surface area (Å²) in [5.41, 5.74) is 0.684. The molecule has 0 unspecified atom stereocenters. The maximum absolute atomic E-state index is 10.6. The molecule has 0 heterocycles. The lowest BCUT2D eigenvalue weighted by atomic mass is 9.98. The van der Waals surface area contributed by atoms with Gasteiger partial charge in [-0.2, -0.15) is 0 Å². The minimum Gasteiger partial charge on any atom is -0.490 e. The fraction of sp³-hybridized carbons (Fsp3) is 0.462. The van der Waals surface area contributed by atoms with E-state index in [2.05, 4.69) is 0 Å². The molecule has 0 saturated heterocycles. The van der Waals surface area contributed by atoms with Gasteiger partial charge in [0.25, 0.3) is 0 Å². The molecule has 0 N–H and O–H groups in total.